The number of aryl methyl sites for hydroxylation is 2. The molecule has 224 valence electrons. The SMILES string of the molecule is CC[C@@H](CC1(c2nnn[nH]2)c2ccc(C(=O)NC)cc2CCc2cc(C(=O)NC)ccc21)NCC(=O)N1CCC[C@H]1C#N. The maximum absolute atomic E-state index is 13.1. The van der Waals surface area contributed by atoms with Crippen LogP contribution >= 0.6 is 0 Å². The van der Waals surface area contributed by atoms with Crippen LogP contribution in [0, 0.1) is 11.3 Å². The number of aromatic nitrogens is 4. The van der Waals surface area contributed by atoms with Gasteiger partial charge in [0.2, 0.25) is 5.91 Å². The molecule has 0 saturated carbocycles. The van der Waals surface area contributed by atoms with Crippen molar-refractivity contribution in [2.45, 2.75) is 62.9 Å². The average Bonchev–Trinajstić information content (AvgIpc) is 3.74. The maximum Gasteiger partial charge on any atom is 0.251 e. The molecule has 43 heavy (non-hydrogen) atoms. The number of fused-ring (bicyclic) bond motifs is 2. The number of nitrogens with zero attached hydrogens (tertiary/aromatic N) is 5. The Bertz CT molecular complexity index is 1480. The summed E-state index contributed by atoms with van der Waals surface area (Å²) in [6.07, 6.45) is 4.00. The number of H-pyrrole nitrogens is 1. The highest BCUT2D eigenvalue weighted by atomic mass is 16.2. The summed E-state index contributed by atoms with van der Waals surface area (Å²) in [5.41, 5.74) is 4.10. The summed E-state index contributed by atoms with van der Waals surface area (Å²) in [4.78, 5) is 40.0. The van der Waals surface area contributed by atoms with E-state index in [1.807, 2.05) is 36.4 Å². The quantitative estimate of drug-likeness (QED) is 0.295. The van der Waals surface area contributed by atoms with Crippen molar-refractivity contribution in [3.63, 3.8) is 0 Å². The van der Waals surface area contributed by atoms with E-state index in [4.69, 9.17) is 0 Å². The zero-order valence-corrected chi connectivity index (χ0v) is 24.7. The first kappa shape index (κ1) is 29.8. The number of carbonyl (C=O) groups excluding carboxylic acids is 3. The molecule has 2 atom stereocenters. The van der Waals surface area contributed by atoms with Gasteiger partial charge in [0, 0.05) is 37.8 Å². The van der Waals surface area contributed by atoms with E-state index in [1.54, 1.807) is 19.0 Å². The second-order valence-electron chi connectivity index (χ2n) is 11.1. The van der Waals surface area contributed by atoms with Crippen LogP contribution < -0.4 is 16.0 Å². The van der Waals surface area contributed by atoms with Crippen molar-refractivity contribution in [1.82, 2.24) is 41.5 Å². The molecule has 1 fully saturated rings. The predicted molar refractivity (Wildman–Crippen MR) is 158 cm³/mol. The van der Waals surface area contributed by atoms with Crippen molar-refractivity contribution in [2.24, 2.45) is 0 Å². The van der Waals surface area contributed by atoms with Crippen molar-refractivity contribution in [3.05, 3.63) is 75.6 Å². The van der Waals surface area contributed by atoms with E-state index < -0.39 is 5.41 Å². The minimum atomic E-state index is -0.882. The van der Waals surface area contributed by atoms with Crippen LogP contribution in [0.15, 0.2) is 36.4 Å². The molecule has 3 aromatic rings. The van der Waals surface area contributed by atoms with Crippen LogP contribution in [0.5, 0.6) is 0 Å². The molecule has 12 heteroatoms. The normalized spacial score (nSPS) is 17.6. The van der Waals surface area contributed by atoms with Gasteiger partial charge in [0.1, 0.15) is 6.04 Å². The third-order valence-corrected chi connectivity index (χ3v) is 8.83. The second-order valence-corrected chi connectivity index (χ2v) is 11.1. The van der Waals surface area contributed by atoms with Gasteiger partial charge in [-0.2, -0.15) is 5.26 Å². The van der Waals surface area contributed by atoms with Gasteiger partial charge >= 0.3 is 0 Å². The highest BCUT2D eigenvalue weighted by Gasteiger charge is 2.45. The van der Waals surface area contributed by atoms with Crippen LogP contribution in [-0.2, 0) is 23.1 Å². The standard InChI is InChI=1S/C31H37N9O3/c1-4-23(35-18-27(41)40-13-5-6-24(40)17-32)16-31(30-36-38-39-37-30)25-11-9-21(28(42)33-2)14-19(25)7-8-20-15-22(29(43)34-3)10-12-26(20)31/h9-12,14-15,23-24,35H,4-8,13,16,18H2,1-3H3,(H,33,42)(H,34,43)(H,36,37,38,39)/t23-,24-/m0/s1. The lowest BCUT2D eigenvalue weighted by molar-refractivity contribution is -0.130. The summed E-state index contributed by atoms with van der Waals surface area (Å²) >= 11 is 0. The minimum absolute atomic E-state index is 0.0926. The number of hydrogen-bond acceptors (Lipinski definition) is 8. The molecule has 12 nitrogen and oxygen atoms in total. The van der Waals surface area contributed by atoms with E-state index in [0.717, 1.165) is 28.7 Å². The highest BCUT2D eigenvalue weighted by Crippen LogP contribution is 2.47. The zero-order chi connectivity index (χ0) is 30.6. The Balaban J connectivity index is 1.62. The fraction of sp³-hybridized carbons (Fsp3) is 0.452. The summed E-state index contributed by atoms with van der Waals surface area (Å²) in [5.74, 6) is 0.0862. The van der Waals surface area contributed by atoms with Crippen molar-refractivity contribution in [3.8, 4) is 6.07 Å². The van der Waals surface area contributed by atoms with E-state index in [0.29, 0.717) is 55.6 Å². The molecular weight excluding hydrogens is 546 g/mol. The monoisotopic (exact) mass is 583 g/mol. The average molecular weight is 584 g/mol. The Morgan fingerprint density at radius 2 is 1.70 bits per heavy atom. The molecule has 1 saturated heterocycles. The molecule has 1 aromatic heterocycles. The number of tetrazole rings is 1. The highest BCUT2D eigenvalue weighted by molar-refractivity contribution is 5.95. The number of nitrogens with one attached hydrogen (secondary N) is 4. The third-order valence-electron chi connectivity index (χ3n) is 8.83. The van der Waals surface area contributed by atoms with E-state index in [-0.39, 0.29) is 36.3 Å². The van der Waals surface area contributed by atoms with Gasteiger partial charge in [-0.3, -0.25) is 14.4 Å². The van der Waals surface area contributed by atoms with Crippen molar-refractivity contribution < 1.29 is 14.4 Å². The van der Waals surface area contributed by atoms with E-state index >= 15 is 0 Å². The van der Waals surface area contributed by atoms with Gasteiger partial charge in [-0.25, -0.2) is 5.10 Å². The van der Waals surface area contributed by atoms with Crippen molar-refractivity contribution >= 4 is 17.7 Å². The van der Waals surface area contributed by atoms with Gasteiger partial charge in [0.15, 0.2) is 5.82 Å². The Hall–Kier alpha value is -4.63. The van der Waals surface area contributed by atoms with Crippen LogP contribution in [0.4, 0.5) is 0 Å². The number of likely N-dealkylation sites (tertiary alicyclic amines) is 1. The van der Waals surface area contributed by atoms with Crippen LogP contribution in [0.3, 0.4) is 0 Å². The van der Waals surface area contributed by atoms with E-state index in [2.05, 4.69) is 49.6 Å². The Labute approximate surface area is 250 Å². The van der Waals surface area contributed by atoms with E-state index in [1.165, 1.54) is 0 Å². The number of amides is 3. The van der Waals surface area contributed by atoms with Gasteiger partial charge in [-0.15, -0.1) is 5.10 Å². The lowest BCUT2D eigenvalue weighted by atomic mass is 9.67. The maximum atomic E-state index is 13.1. The van der Waals surface area contributed by atoms with Crippen molar-refractivity contribution in [1.29, 1.82) is 5.26 Å². The van der Waals surface area contributed by atoms with Crippen LogP contribution in [-0.4, -0.2) is 82.5 Å². The van der Waals surface area contributed by atoms with Gasteiger partial charge in [-0.05, 0) is 95.5 Å². The fourth-order valence-corrected chi connectivity index (χ4v) is 6.59. The number of carbonyl (C=O) groups is 3. The van der Waals surface area contributed by atoms with Gasteiger partial charge in [-0.1, -0.05) is 19.1 Å². The third kappa shape index (κ3) is 5.60. The molecule has 0 spiro atoms. The zero-order valence-electron chi connectivity index (χ0n) is 24.7. The first-order chi connectivity index (χ1) is 20.9. The number of rotatable bonds is 9. The van der Waals surface area contributed by atoms with Crippen molar-refractivity contribution in [2.75, 3.05) is 27.2 Å². The number of benzene rings is 2. The van der Waals surface area contributed by atoms with Gasteiger partial charge < -0.3 is 20.9 Å². The Morgan fingerprint density at radius 1 is 1.07 bits per heavy atom. The predicted octanol–water partition coefficient (Wildman–Crippen LogP) is 1.62. The summed E-state index contributed by atoms with van der Waals surface area (Å²) in [7, 11) is 3.21. The Kier molecular flexibility index (Phi) is 8.82. The largest absolute Gasteiger partial charge is 0.355 e. The number of aromatic amines is 1. The van der Waals surface area contributed by atoms with Crippen LogP contribution in [0.1, 0.15) is 81.4 Å². The molecule has 5 rings (SSSR count). The van der Waals surface area contributed by atoms with E-state index in [9.17, 15) is 19.6 Å². The summed E-state index contributed by atoms with van der Waals surface area (Å²) in [6.45, 7) is 2.75. The van der Waals surface area contributed by atoms with Gasteiger partial charge in [0.25, 0.3) is 11.8 Å². The molecule has 0 unspecified atom stereocenters. The Morgan fingerprint density at radius 3 is 2.21 bits per heavy atom. The van der Waals surface area contributed by atoms with Crippen LogP contribution in [0.2, 0.25) is 0 Å². The lowest BCUT2D eigenvalue weighted by Crippen LogP contribution is -2.46. The molecule has 2 aromatic carbocycles. The lowest BCUT2D eigenvalue weighted by Gasteiger charge is -2.37. The second kappa shape index (κ2) is 12.7. The molecule has 2 aliphatic rings. The molecule has 4 N–H and O–H groups in total. The molecule has 0 bridgehead atoms. The molecule has 1 aliphatic heterocycles. The topological polar surface area (TPSA) is 169 Å². The van der Waals surface area contributed by atoms with Gasteiger partial charge in [0.05, 0.1) is 18.0 Å². The number of hydrogen-bond donors (Lipinski definition) is 4. The summed E-state index contributed by atoms with van der Waals surface area (Å²) in [5, 5.41) is 33.8. The van der Waals surface area contributed by atoms with Crippen LogP contribution in [0.25, 0.3) is 0 Å². The summed E-state index contributed by atoms with van der Waals surface area (Å²) in [6, 6.07) is 13.1. The fourth-order valence-electron chi connectivity index (χ4n) is 6.59. The first-order valence-electron chi connectivity index (χ1n) is 14.7. The molecule has 0 radical (unpaired) electrons. The first-order valence-corrected chi connectivity index (χ1v) is 14.7. The molecule has 3 amide bonds. The molecular formula is C31H37N9O3. The number of nitriles is 1. The minimum Gasteiger partial charge on any atom is -0.355 e. The smallest absolute Gasteiger partial charge is 0.251 e. The summed E-state index contributed by atoms with van der Waals surface area (Å²) < 4.78 is 0. The molecule has 2 heterocycles. The molecule has 1 aliphatic carbocycles.